The molecule has 7 heteroatoms. The van der Waals surface area contributed by atoms with Crippen LogP contribution in [0.2, 0.25) is 5.02 Å². The van der Waals surface area contributed by atoms with E-state index in [2.05, 4.69) is 10.4 Å². The molecule has 0 spiro atoms. The number of aromatic nitrogens is 4. The molecule has 0 radical (unpaired) electrons. The van der Waals surface area contributed by atoms with Crippen LogP contribution in [0.1, 0.15) is 36.1 Å². The number of hydrogen-bond acceptors (Lipinski definition) is 4. The molecular weight excluding hydrogens is 350 g/mol. The molecule has 136 valence electrons. The second-order valence-corrected chi connectivity index (χ2v) is 6.67. The van der Waals surface area contributed by atoms with E-state index in [1.165, 1.54) is 9.36 Å². The molecule has 0 fully saturated rings. The Bertz CT molecular complexity index is 1010. The Morgan fingerprint density at radius 1 is 1.12 bits per heavy atom. The molecule has 2 N–H and O–H groups in total. The van der Waals surface area contributed by atoms with Gasteiger partial charge in [0.1, 0.15) is 0 Å². The fraction of sp³-hybridized carbons (Fsp3) is 0.316. The molecule has 0 atom stereocenters. The van der Waals surface area contributed by atoms with E-state index in [-0.39, 0.29) is 5.69 Å². The first kappa shape index (κ1) is 18.2. The minimum Gasteiger partial charge on any atom is -0.399 e. The van der Waals surface area contributed by atoms with Crippen molar-refractivity contribution in [2.75, 3.05) is 5.73 Å². The average Bonchev–Trinajstić information content (AvgIpc) is 2.98. The van der Waals surface area contributed by atoms with Crippen molar-refractivity contribution in [3.8, 4) is 5.69 Å². The molecule has 2 aromatic carbocycles. The highest BCUT2D eigenvalue weighted by Crippen LogP contribution is 2.26. The summed E-state index contributed by atoms with van der Waals surface area (Å²) in [5.41, 5.74) is 10.9. The van der Waals surface area contributed by atoms with Gasteiger partial charge in [-0.2, -0.15) is 9.36 Å². The predicted molar refractivity (Wildman–Crippen MR) is 104 cm³/mol. The van der Waals surface area contributed by atoms with E-state index >= 15 is 0 Å². The van der Waals surface area contributed by atoms with Crippen molar-refractivity contribution in [2.45, 2.75) is 40.2 Å². The van der Waals surface area contributed by atoms with Gasteiger partial charge in [-0.1, -0.05) is 43.6 Å². The number of hydrogen-bond donors (Lipinski definition) is 1. The molecule has 3 aromatic rings. The van der Waals surface area contributed by atoms with Gasteiger partial charge in [0.25, 0.3) is 0 Å². The van der Waals surface area contributed by atoms with E-state index in [9.17, 15) is 4.79 Å². The Kier molecular flexibility index (Phi) is 5.13. The van der Waals surface area contributed by atoms with Crippen LogP contribution in [0.4, 0.5) is 5.69 Å². The standard InChI is InChI=1S/C19H22ClN5O/c1-4-14-7-8-16(20)15(5-2)18(14)25-19(26)24(22-23-25)11-13-6-9-17(21)12(3)10-13/h6-10H,4-5,11,21H2,1-3H3. The molecule has 0 saturated carbocycles. The quantitative estimate of drug-likeness (QED) is 0.699. The Hall–Kier alpha value is -2.60. The third-order valence-corrected chi connectivity index (χ3v) is 4.92. The van der Waals surface area contributed by atoms with Gasteiger partial charge in [-0.15, -0.1) is 0 Å². The first-order chi connectivity index (χ1) is 12.5. The summed E-state index contributed by atoms with van der Waals surface area (Å²) in [4.78, 5) is 12.9. The molecule has 1 heterocycles. The molecule has 0 saturated heterocycles. The van der Waals surface area contributed by atoms with Crippen LogP contribution in [-0.2, 0) is 19.4 Å². The number of aryl methyl sites for hydroxylation is 2. The lowest BCUT2D eigenvalue weighted by atomic mass is 10.0. The van der Waals surface area contributed by atoms with Crippen molar-refractivity contribution in [3.05, 3.63) is 68.1 Å². The zero-order valence-corrected chi connectivity index (χ0v) is 15.9. The molecule has 1 aromatic heterocycles. The minimum absolute atomic E-state index is 0.286. The first-order valence-electron chi connectivity index (χ1n) is 8.64. The first-order valence-corrected chi connectivity index (χ1v) is 9.02. The zero-order chi connectivity index (χ0) is 18.8. The summed E-state index contributed by atoms with van der Waals surface area (Å²) in [7, 11) is 0. The summed E-state index contributed by atoms with van der Waals surface area (Å²) < 4.78 is 2.71. The monoisotopic (exact) mass is 371 g/mol. The number of anilines is 1. The molecule has 0 aliphatic rings. The number of tetrazole rings is 1. The van der Waals surface area contributed by atoms with E-state index in [0.29, 0.717) is 18.0 Å². The maximum atomic E-state index is 12.9. The lowest BCUT2D eigenvalue weighted by Crippen LogP contribution is -2.26. The van der Waals surface area contributed by atoms with Crippen LogP contribution in [0.25, 0.3) is 5.69 Å². The fourth-order valence-electron chi connectivity index (χ4n) is 3.07. The number of rotatable bonds is 5. The maximum absolute atomic E-state index is 12.9. The molecular formula is C19H22ClN5O. The van der Waals surface area contributed by atoms with Gasteiger partial charge in [0.15, 0.2) is 0 Å². The fourth-order valence-corrected chi connectivity index (χ4v) is 3.35. The van der Waals surface area contributed by atoms with Crippen LogP contribution in [0.5, 0.6) is 0 Å². The Balaban J connectivity index is 2.06. The number of benzene rings is 2. The molecule has 0 aliphatic heterocycles. The summed E-state index contributed by atoms with van der Waals surface area (Å²) in [5, 5.41) is 8.81. The lowest BCUT2D eigenvalue weighted by molar-refractivity contribution is 0.631. The molecule has 0 amide bonds. The van der Waals surface area contributed by atoms with Gasteiger partial charge in [-0.3, -0.25) is 0 Å². The van der Waals surface area contributed by atoms with E-state index < -0.39 is 0 Å². The number of halogens is 1. The molecule has 6 nitrogen and oxygen atoms in total. The van der Waals surface area contributed by atoms with Crippen LogP contribution < -0.4 is 11.4 Å². The number of nitrogen functional groups attached to an aromatic ring is 1. The van der Waals surface area contributed by atoms with E-state index in [4.69, 9.17) is 17.3 Å². The Labute approximate surface area is 157 Å². The Morgan fingerprint density at radius 2 is 1.88 bits per heavy atom. The van der Waals surface area contributed by atoms with Crippen molar-refractivity contribution in [2.24, 2.45) is 0 Å². The molecule has 0 unspecified atom stereocenters. The summed E-state index contributed by atoms with van der Waals surface area (Å²) >= 11 is 6.35. The van der Waals surface area contributed by atoms with Gasteiger partial charge in [0, 0.05) is 10.7 Å². The van der Waals surface area contributed by atoms with Crippen molar-refractivity contribution in [3.63, 3.8) is 0 Å². The highest BCUT2D eigenvalue weighted by Gasteiger charge is 2.17. The Morgan fingerprint density at radius 3 is 2.54 bits per heavy atom. The van der Waals surface area contributed by atoms with Gasteiger partial charge in [0.2, 0.25) is 0 Å². The predicted octanol–water partition coefficient (Wildman–Crippen LogP) is 3.15. The molecule has 0 aliphatic carbocycles. The largest absolute Gasteiger partial charge is 0.399 e. The van der Waals surface area contributed by atoms with Crippen molar-refractivity contribution < 1.29 is 0 Å². The third kappa shape index (κ3) is 3.24. The van der Waals surface area contributed by atoms with Crippen LogP contribution in [0, 0.1) is 6.92 Å². The molecule has 3 rings (SSSR count). The van der Waals surface area contributed by atoms with Crippen molar-refractivity contribution >= 4 is 17.3 Å². The normalized spacial score (nSPS) is 11.1. The summed E-state index contributed by atoms with van der Waals surface area (Å²) in [6.07, 6.45) is 1.48. The van der Waals surface area contributed by atoms with E-state index in [0.717, 1.165) is 40.0 Å². The van der Waals surface area contributed by atoms with Crippen LogP contribution >= 0.6 is 11.6 Å². The van der Waals surface area contributed by atoms with Crippen molar-refractivity contribution in [1.29, 1.82) is 0 Å². The van der Waals surface area contributed by atoms with Gasteiger partial charge in [0.05, 0.1) is 12.2 Å². The van der Waals surface area contributed by atoms with Gasteiger partial charge >= 0.3 is 5.69 Å². The van der Waals surface area contributed by atoms with E-state index in [1.807, 2.05) is 51.1 Å². The highest BCUT2D eigenvalue weighted by molar-refractivity contribution is 6.31. The van der Waals surface area contributed by atoms with Gasteiger partial charge < -0.3 is 5.73 Å². The molecule has 26 heavy (non-hydrogen) atoms. The second kappa shape index (κ2) is 7.33. The topological polar surface area (TPSA) is 78.7 Å². The van der Waals surface area contributed by atoms with Crippen LogP contribution in [0.3, 0.4) is 0 Å². The number of nitrogens with two attached hydrogens (primary N) is 1. The zero-order valence-electron chi connectivity index (χ0n) is 15.2. The maximum Gasteiger partial charge on any atom is 0.368 e. The second-order valence-electron chi connectivity index (χ2n) is 6.26. The van der Waals surface area contributed by atoms with Gasteiger partial charge in [-0.05, 0) is 64.6 Å². The minimum atomic E-state index is -0.286. The SMILES string of the molecule is CCc1ccc(Cl)c(CC)c1-n1nnn(Cc2ccc(N)c(C)c2)c1=O. The third-order valence-electron chi connectivity index (χ3n) is 4.56. The van der Waals surface area contributed by atoms with Crippen LogP contribution in [0.15, 0.2) is 35.1 Å². The smallest absolute Gasteiger partial charge is 0.368 e. The van der Waals surface area contributed by atoms with E-state index in [1.54, 1.807) is 0 Å². The van der Waals surface area contributed by atoms with Crippen molar-refractivity contribution in [1.82, 2.24) is 19.8 Å². The summed E-state index contributed by atoms with van der Waals surface area (Å²) in [5.74, 6) is 0. The summed E-state index contributed by atoms with van der Waals surface area (Å²) in [6.45, 7) is 6.32. The lowest BCUT2D eigenvalue weighted by Gasteiger charge is -2.13. The highest BCUT2D eigenvalue weighted by atomic mass is 35.5. The number of nitrogens with zero attached hydrogens (tertiary/aromatic N) is 4. The average molecular weight is 372 g/mol. The summed E-state index contributed by atoms with van der Waals surface area (Å²) in [6, 6.07) is 9.49. The molecule has 0 bridgehead atoms. The van der Waals surface area contributed by atoms with Crippen LogP contribution in [-0.4, -0.2) is 19.8 Å². The van der Waals surface area contributed by atoms with Gasteiger partial charge in [-0.25, -0.2) is 4.79 Å².